The molecule has 0 atom stereocenters. The summed E-state index contributed by atoms with van der Waals surface area (Å²) in [6, 6.07) is 7.60. The number of nitrogens with zero attached hydrogens (tertiary/aromatic N) is 2. The predicted octanol–water partition coefficient (Wildman–Crippen LogP) is 3.59. The fourth-order valence-electron chi connectivity index (χ4n) is 2.80. The predicted molar refractivity (Wildman–Crippen MR) is 91.8 cm³/mol. The third kappa shape index (κ3) is 4.57. The van der Waals surface area contributed by atoms with Gasteiger partial charge in [-0.25, -0.2) is 0 Å². The molecule has 4 nitrogen and oxygen atoms in total. The maximum atomic E-state index is 12.4. The molecule has 0 spiro atoms. The van der Waals surface area contributed by atoms with Gasteiger partial charge in [-0.05, 0) is 40.9 Å². The topological polar surface area (TPSA) is 40.6 Å². The SMILES string of the molecule is CC(=O)N(CCC(=O)N1CCCCCC1)c1ccccc1Br. The normalized spacial score (nSPS) is 15.3. The van der Waals surface area contributed by atoms with E-state index >= 15 is 0 Å². The van der Waals surface area contributed by atoms with Crippen LogP contribution in [0.1, 0.15) is 39.0 Å². The molecule has 1 aliphatic heterocycles. The minimum Gasteiger partial charge on any atom is -0.343 e. The summed E-state index contributed by atoms with van der Waals surface area (Å²) in [5.41, 5.74) is 0.818. The van der Waals surface area contributed by atoms with E-state index in [1.165, 1.54) is 19.8 Å². The van der Waals surface area contributed by atoms with E-state index < -0.39 is 0 Å². The molecule has 0 saturated carbocycles. The number of carbonyl (C=O) groups is 2. The molecule has 0 bridgehead atoms. The van der Waals surface area contributed by atoms with Crippen molar-refractivity contribution in [2.45, 2.75) is 39.0 Å². The van der Waals surface area contributed by atoms with Gasteiger partial charge < -0.3 is 9.80 Å². The number of hydrogen-bond donors (Lipinski definition) is 0. The first-order valence-electron chi connectivity index (χ1n) is 7.90. The van der Waals surface area contributed by atoms with Gasteiger partial charge in [0.05, 0.1) is 5.69 Å². The van der Waals surface area contributed by atoms with Crippen molar-refractivity contribution in [3.63, 3.8) is 0 Å². The lowest BCUT2D eigenvalue weighted by Crippen LogP contribution is -2.37. The lowest BCUT2D eigenvalue weighted by molar-refractivity contribution is -0.131. The van der Waals surface area contributed by atoms with Crippen molar-refractivity contribution in [1.82, 2.24) is 4.90 Å². The van der Waals surface area contributed by atoms with Crippen molar-refractivity contribution in [2.75, 3.05) is 24.5 Å². The third-order valence-electron chi connectivity index (χ3n) is 4.03. The third-order valence-corrected chi connectivity index (χ3v) is 4.70. The van der Waals surface area contributed by atoms with Crippen LogP contribution in [0.4, 0.5) is 5.69 Å². The van der Waals surface area contributed by atoms with Gasteiger partial charge in [-0.2, -0.15) is 0 Å². The van der Waals surface area contributed by atoms with Crippen LogP contribution in [0.25, 0.3) is 0 Å². The average molecular weight is 367 g/mol. The van der Waals surface area contributed by atoms with Crippen molar-refractivity contribution in [3.05, 3.63) is 28.7 Å². The molecule has 1 aromatic carbocycles. The molecular formula is C17H23BrN2O2. The van der Waals surface area contributed by atoms with Crippen LogP contribution in [0.2, 0.25) is 0 Å². The highest BCUT2D eigenvalue weighted by atomic mass is 79.9. The Hall–Kier alpha value is -1.36. The van der Waals surface area contributed by atoms with Crippen LogP contribution in [0.3, 0.4) is 0 Å². The van der Waals surface area contributed by atoms with Crippen molar-refractivity contribution < 1.29 is 9.59 Å². The molecule has 22 heavy (non-hydrogen) atoms. The minimum absolute atomic E-state index is 0.0458. The highest BCUT2D eigenvalue weighted by Gasteiger charge is 2.19. The molecule has 120 valence electrons. The van der Waals surface area contributed by atoms with Crippen LogP contribution in [-0.2, 0) is 9.59 Å². The Bertz CT molecular complexity index is 525. The highest BCUT2D eigenvalue weighted by molar-refractivity contribution is 9.10. The van der Waals surface area contributed by atoms with Crippen LogP contribution in [0, 0.1) is 0 Å². The van der Waals surface area contributed by atoms with Crippen molar-refractivity contribution in [1.29, 1.82) is 0 Å². The molecule has 1 saturated heterocycles. The van der Waals surface area contributed by atoms with Gasteiger partial charge in [0.25, 0.3) is 0 Å². The molecule has 2 amide bonds. The molecule has 1 aromatic rings. The fourth-order valence-corrected chi connectivity index (χ4v) is 3.30. The average Bonchev–Trinajstić information content (AvgIpc) is 2.78. The number of halogens is 1. The Balaban J connectivity index is 1.98. The first-order valence-corrected chi connectivity index (χ1v) is 8.69. The smallest absolute Gasteiger partial charge is 0.224 e. The zero-order valence-corrected chi connectivity index (χ0v) is 14.6. The van der Waals surface area contributed by atoms with E-state index in [-0.39, 0.29) is 11.8 Å². The maximum absolute atomic E-state index is 12.4. The summed E-state index contributed by atoms with van der Waals surface area (Å²) in [5, 5.41) is 0. The fraction of sp³-hybridized carbons (Fsp3) is 0.529. The molecule has 0 aliphatic carbocycles. The molecule has 0 radical (unpaired) electrons. The number of rotatable bonds is 4. The molecular weight excluding hydrogens is 344 g/mol. The summed E-state index contributed by atoms with van der Waals surface area (Å²) in [7, 11) is 0. The summed E-state index contributed by atoms with van der Waals surface area (Å²) in [5.74, 6) is 0.107. The lowest BCUT2D eigenvalue weighted by atomic mass is 10.2. The summed E-state index contributed by atoms with van der Waals surface area (Å²) in [6.45, 7) is 3.67. The second kappa shape index (κ2) is 8.32. The summed E-state index contributed by atoms with van der Waals surface area (Å²) in [4.78, 5) is 27.9. The van der Waals surface area contributed by atoms with Gasteiger partial charge in [-0.15, -0.1) is 0 Å². The summed E-state index contributed by atoms with van der Waals surface area (Å²) in [6.07, 6.45) is 4.97. The highest BCUT2D eigenvalue weighted by Crippen LogP contribution is 2.26. The van der Waals surface area contributed by atoms with Gasteiger partial charge >= 0.3 is 0 Å². The van der Waals surface area contributed by atoms with Crippen molar-refractivity contribution in [3.8, 4) is 0 Å². The molecule has 0 unspecified atom stereocenters. The number of para-hydroxylation sites is 1. The van der Waals surface area contributed by atoms with Crippen LogP contribution in [0.15, 0.2) is 28.7 Å². The second-order valence-corrected chi connectivity index (χ2v) is 6.52. The number of likely N-dealkylation sites (tertiary alicyclic amines) is 1. The number of carbonyl (C=O) groups excluding carboxylic acids is 2. The zero-order valence-electron chi connectivity index (χ0n) is 13.1. The van der Waals surface area contributed by atoms with Gasteiger partial charge in [-0.1, -0.05) is 25.0 Å². The van der Waals surface area contributed by atoms with E-state index in [4.69, 9.17) is 0 Å². The Morgan fingerprint density at radius 1 is 1.14 bits per heavy atom. The van der Waals surface area contributed by atoms with Crippen LogP contribution in [0.5, 0.6) is 0 Å². The number of hydrogen-bond acceptors (Lipinski definition) is 2. The molecule has 0 aromatic heterocycles. The van der Waals surface area contributed by atoms with E-state index in [0.717, 1.165) is 36.1 Å². The Morgan fingerprint density at radius 3 is 2.36 bits per heavy atom. The van der Waals surface area contributed by atoms with Crippen LogP contribution in [-0.4, -0.2) is 36.3 Å². The molecule has 0 N–H and O–H groups in total. The van der Waals surface area contributed by atoms with Crippen molar-refractivity contribution in [2.24, 2.45) is 0 Å². The standard InChI is InChI=1S/C17H23BrN2O2/c1-14(21)20(16-9-5-4-8-15(16)18)13-10-17(22)19-11-6-2-3-7-12-19/h4-5,8-9H,2-3,6-7,10-13H2,1H3. The molecule has 2 rings (SSSR count). The Kier molecular flexibility index (Phi) is 6.43. The quantitative estimate of drug-likeness (QED) is 0.816. The number of amides is 2. The number of benzene rings is 1. The summed E-state index contributed by atoms with van der Waals surface area (Å²) >= 11 is 3.47. The van der Waals surface area contributed by atoms with E-state index in [1.807, 2.05) is 29.2 Å². The zero-order chi connectivity index (χ0) is 15.9. The Morgan fingerprint density at radius 2 is 1.77 bits per heavy atom. The Labute approximate surface area is 140 Å². The van der Waals surface area contributed by atoms with Crippen LogP contribution >= 0.6 is 15.9 Å². The van der Waals surface area contributed by atoms with Crippen LogP contribution < -0.4 is 4.90 Å². The van der Waals surface area contributed by atoms with Gasteiger partial charge in [0.2, 0.25) is 11.8 Å². The first-order chi connectivity index (χ1) is 10.6. The maximum Gasteiger partial charge on any atom is 0.224 e. The lowest BCUT2D eigenvalue weighted by Gasteiger charge is -2.25. The minimum atomic E-state index is -0.0458. The molecule has 1 fully saturated rings. The van der Waals surface area contributed by atoms with Gasteiger partial charge in [0.1, 0.15) is 0 Å². The second-order valence-electron chi connectivity index (χ2n) is 5.67. The molecule has 1 aliphatic rings. The molecule has 5 heteroatoms. The molecule has 1 heterocycles. The summed E-state index contributed by atoms with van der Waals surface area (Å²) < 4.78 is 0.868. The van der Waals surface area contributed by atoms with E-state index in [9.17, 15) is 9.59 Å². The van der Waals surface area contributed by atoms with Crippen molar-refractivity contribution >= 4 is 33.4 Å². The van der Waals surface area contributed by atoms with E-state index in [2.05, 4.69) is 15.9 Å². The number of anilines is 1. The van der Waals surface area contributed by atoms with Gasteiger partial charge in [0.15, 0.2) is 0 Å². The van der Waals surface area contributed by atoms with E-state index in [0.29, 0.717) is 13.0 Å². The largest absolute Gasteiger partial charge is 0.343 e. The van der Waals surface area contributed by atoms with E-state index in [1.54, 1.807) is 4.90 Å². The van der Waals surface area contributed by atoms with Gasteiger partial charge in [-0.3, -0.25) is 9.59 Å². The monoisotopic (exact) mass is 366 g/mol. The van der Waals surface area contributed by atoms with Gasteiger partial charge in [0, 0.05) is 37.5 Å². The first kappa shape index (κ1) is 17.0.